The molecule has 0 aliphatic carbocycles. The van der Waals surface area contributed by atoms with E-state index in [4.69, 9.17) is 4.74 Å². The van der Waals surface area contributed by atoms with Crippen LogP contribution in [0, 0.1) is 0 Å². The Morgan fingerprint density at radius 3 is 2.78 bits per heavy atom. The number of carbonyl (C=O) groups excluding carboxylic acids is 2. The fraction of sp³-hybridized carbons (Fsp3) is 0.471. The van der Waals surface area contributed by atoms with Crippen LogP contribution in [0.1, 0.15) is 25.3 Å². The van der Waals surface area contributed by atoms with Crippen LogP contribution in [-0.2, 0) is 24.3 Å². The Morgan fingerprint density at radius 2 is 2.07 bits per heavy atom. The molecule has 0 radical (unpaired) electrons. The third-order valence-electron chi connectivity index (χ3n) is 3.73. The maximum Gasteiger partial charge on any atom is 0.331 e. The molecule has 0 fully saturated rings. The van der Waals surface area contributed by atoms with Gasteiger partial charge in [0.15, 0.2) is 12.6 Å². The summed E-state index contributed by atoms with van der Waals surface area (Å²) in [5.41, 5.74) is 0.417. The lowest BCUT2D eigenvalue weighted by atomic mass is 10.2. The average molecular weight is 414 g/mol. The lowest BCUT2D eigenvalue weighted by Crippen LogP contribution is -2.33. The molecule has 27 heavy (non-hydrogen) atoms. The number of thioether (sulfide) groups is 1. The van der Waals surface area contributed by atoms with Gasteiger partial charge in [-0.05, 0) is 37.0 Å². The summed E-state index contributed by atoms with van der Waals surface area (Å²) in [5.74, 6) is -0.295. The molecule has 0 spiro atoms. The number of amides is 1. The van der Waals surface area contributed by atoms with Crippen LogP contribution in [0.3, 0.4) is 0 Å². The molecule has 1 amide bonds. The lowest BCUT2D eigenvalue weighted by Gasteiger charge is -2.13. The predicted octanol–water partition coefficient (Wildman–Crippen LogP) is 0.916. The molecule has 1 heterocycles. The number of benzene rings is 1. The highest BCUT2D eigenvalue weighted by Crippen LogP contribution is 2.23. The second-order valence-electron chi connectivity index (χ2n) is 5.83. The summed E-state index contributed by atoms with van der Waals surface area (Å²) in [5, 5.41) is 2.62. The molecule has 0 aromatic heterocycles. The van der Waals surface area contributed by atoms with Crippen LogP contribution in [0.15, 0.2) is 34.2 Å². The molecule has 148 valence electrons. The van der Waals surface area contributed by atoms with Gasteiger partial charge in [-0.15, -0.1) is 0 Å². The Bertz CT molecular complexity index is 824. The van der Waals surface area contributed by atoms with Gasteiger partial charge in [0, 0.05) is 12.1 Å². The normalized spacial score (nSPS) is 17.0. The zero-order valence-corrected chi connectivity index (χ0v) is 16.9. The van der Waals surface area contributed by atoms with Gasteiger partial charge in [-0.2, -0.15) is 11.8 Å². The van der Waals surface area contributed by atoms with Gasteiger partial charge in [-0.1, -0.05) is 19.1 Å². The number of hydrogen-bond acceptors (Lipinski definition) is 7. The van der Waals surface area contributed by atoms with E-state index in [1.807, 2.05) is 13.2 Å². The Balaban J connectivity index is 2.16. The second kappa shape index (κ2) is 9.75. The number of ether oxygens (including phenoxy) is 1. The molecule has 1 aliphatic heterocycles. The summed E-state index contributed by atoms with van der Waals surface area (Å²) >= 11 is 1.53. The number of aliphatic imine (C=N–C) groups is 1. The summed E-state index contributed by atoms with van der Waals surface area (Å²) in [7, 11) is -3.68. The fourth-order valence-corrected chi connectivity index (χ4v) is 4.10. The summed E-state index contributed by atoms with van der Waals surface area (Å²) in [6, 6.07) is 5.52. The van der Waals surface area contributed by atoms with Crippen molar-refractivity contribution in [2.75, 3.05) is 25.2 Å². The summed E-state index contributed by atoms with van der Waals surface area (Å²) in [6.07, 6.45) is 3.04. The first-order valence-electron chi connectivity index (χ1n) is 8.51. The molecule has 0 saturated heterocycles. The van der Waals surface area contributed by atoms with Gasteiger partial charge < -0.3 is 10.1 Å². The van der Waals surface area contributed by atoms with Crippen molar-refractivity contribution in [3.63, 3.8) is 0 Å². The van der Waals surface area contributed by atoms with E-state index in [1.54, 1.807) is 18.2 Å². The van der Waals surface area contributed by atoms with Crippen molar-refractivity contribution < 1.29 is 22.7 Å². The molecule has 8 nitrogen and oxygen atoms in total. The lowest BCUT2D eigenvalue weighted by molar-refractivity contribution is -0.149. The molecular formula is C17H23N3O5S2. The van der Waals surface area contributed by atoms with Crippen molar-refractivity contribution in [2.45, 2.75) is 30.7 Å². The largest absolute Gasteiger partial charge is 0.454 e. The summed E-state index contributed by atoms with van der Waals surface area (Å²) in [6.45, 7) is 2.04. The van der Waals surface area contributed by atoms with Gasteiger partial charge in [-0.3, -0.25) is 14.5 Å². The molecule has 2 N–H and O–H groups in total. The van der Waals surface area contributed by atoms with Crippen LogP contribution >= 0.6 is 11.8 Å². The van der Waals surface area contributed by atoms with Gasteiger partial charge in [0.2, 0.25) is 0 Å². The average Bonchev–Trinajstić information content (AvgIpc) is 2.92. The van der Waals surface area contributed by atoms with E-state index in [1.165, 1.54) is 17.8 Å². The van der Waals surface area contributed by atoms with Crippen LogP contribution in [-0.4, -0.2) is 57.3 Å². The van der Waals surface area contributed by atoms with Gasteiger partial charge in [0.25, 0.3) is 15.9 Å². The Labute approximate surface area is 163 Å². The Morgan fingerprint density at radius 1 is 1.33 bits per heavy atom. The molecule has 1 aromatic carbocycles. The highest BCUT2D eigenvalue weighted by Gasteiger charge is 2.32. The number of fused-ring (bicyclic) bond motifs is 1. The molecule has 0 unspecified atom stereocenters. The second-order valence-corrected chi connectivity index (χ2v) is 8.47. The van der Waals surface area contributed by atoms with Gasteiger partial charge in [0.1, 0.15) is 5.84 Å². The van der Waals surface area contributed by atoms with Crippen LogP contribution < -0.4 is 10.0 Å². The zero-order chi connectivity index (χ0) is 19.9. The van der Waals surface area contributed by atoms with E-state index < -0.39 is 22.0 Å². The van der Waals surface area contributed by atoms with E-state index in [-0.39, 0.29) is 23.2 Å². The number of sulfonamides is 1. The van der Waals surface area contributed by atoms with Crippen molar-refractivity contribution >= 4 is 39.5 Å². The molecule has 1 aliphatic rings. The third kappa shape index (κ3) is 5.70. The van der Waals surface area contributed by atoms with Crippen LogP contribution in [0.4, 0.5) is 0 Å². The third-order valence-corrected chi connectivity index (χ3v) is 5.77. The summed E-state index contributed by atoms with van der Waals surface area (Å²) in [4.78, 5) is 28.4. The molecule has 1 atom stereocenters. The first kappa shape index (κ1) is 21.2. The summed E-state index contributed by atoms with van der Waals surface area (Å²) < 4.78 is 31.8. The molecule has 2 rings (SSSR count). The van der Waals surface area contributed by atoms with E-state index in [0.717, 1.165) is 6.42 Å². The highest BCUT2D eigenvalue weighted by molar-refractivity contribution is 7.98. The van der Waals surface area contributed by atoms with E-state index in [0.29, 0.717) is 24.3 Å². The Kier molecular flexibility index (Phi) is 7.66. The minimum Gasteiger partial charge on any atom is -0.454 e. The first-order chi connectivity index (χ1) is 12.9. The van der Waals surface area contributed by atoms with Crippen molar-refractivity contribution in [2.24, 2.45) is 4.99 Å². The van der Waals surface area contributed by atoms with E-state index in [2.05, 4.69) is 15.0 Å². The highest BCUT2D eigenvalue weighted by atomic mass is 32.2. The number of amidine groups is 1. The first-order valence-corrected chi connectivity index (χ1v) is 11.4. The molecule has 0 bridgehead atoms. The molecule has 1 aromatic rings. The van der Waals surface area contributed by atoms with Crippen LogP contribution in [0.25, 0.3) is 0 Å². The number of rotatable bonds is 9. The molecule has 10 heteroatoms. The quantitative estimate of drug-likeness (QED) is 0.582. The van der Waals surface area contributed by atoms with Gasteiger partial charge >= 0.3 is 5.97 Å². The standard InChI is InChI=1S/C17H23N3O5S2/c1-3-9-18-15(21)11-25-17(22)13(8-10-26-2)19-16-12-6-4-5-7-14(12)27(23,24)20-16/h4-7,13H,3,8-11H2,1-2H3,(H,18,21)(H,19,20)/t13-/m1/s1. The smallest absolute Gasteiger partial charge is 0.331 e. The molecular weight excluding hydrogens is 390 g/mol. The monoisotopic (exact) mass is 413 g/mol. The minimum atomic E-state index is -3.68. The van der Waals surface area contributed by atoms with Crippen molar-refractivity contribution in [1.29, 1.82) is 0 Å². The Hall–Kier alpha value is -2.07. The SMILES string of the molecule is CCCNC(=O)COC(=O)[C@@H](CCSC)N=C1NS(=O)(=O)c2ccccc21. The number of carbonyl (C=O) groups is 2. The maximum atomic E-state index is 12.4. The maximum absolute atomic E-state index is 12.4. The van der Waals surface area contributed by atoms with E-state index >= 15 is 0 Å². The van der Waals surface area contributed by atoms with Gasteiger partial charge in [0.05, 0.1) is 4.90 Å². The zero-order valence-electron chi connectivity index (χ0n) is 15.2. The minimum absolute atomic E-state index is 0.115. The topological polar surface area (TPSA) is 114 Å². The van der Waals surface area contributed by atoms with Crippen molar-refractivity contribution in [3.8, 4) is 0 Å². The number of nitrogens with zero attached hydrogens (tertiary/aromatic N) is 1. The van der Waals surface area contributed by atoms with Gasteiger partial charge in [-0.25, -0.2) is 13.2 Å². The van der Waals surface area contributed by atoms with Crippen molar-refractivity contribution in [1.82, 2.24) is 10.0 Å². The van der Waals surface area contributed by atoms with Crippen LogP contribution in [0.5, 0.6) is 0 Å². The predicted molar refractivity (Wildman–Crippen MR) is 104 cm³/mol. The van der Waals surface area contributed by atoms with E-state index in [9.17, 15) is 18.0 Å². The molecule has 0 saturated carbocycles. The number of nitrogens with one attached hydrogen (secondary N) is 2. The fourth-order valence-electron chi connectivity index (χ4n) is 2.40. The van der Waals surface area contributed by atoms with Crippen molar-refractivity contribution in [3.05, 3.63) is 29.8 Å². The number of hydrogen-bond donors (Lipinski definition) is 2. The van der Waals surface area contributed by atoms with Crippen LogP contribution in [0.2, 0.25) is 0 Å². The number of esters is 1.